The Hall–Kier alpha value is -1.36. The van der Waals surface area contributed by atoms with Crippen LogP contribution in [0.25, 0.3) is 0 Å². The van der Waals surface area contributed by atoms with Gasteiger partial charge in [0.05, 0.1) is 5.60 Å². The summed E-state index contributed by atoms with van der Waals surface area (Å²) < 4.78 is 0. The van der Waals surface area contributed by atoms with Gasteiger partial charge >= 0.3 is 0 Å². The van der Waals surface area contributed by atoms with Gasteiger partial charge in [-0.25, -0.2) is 9.97 Å². The fourth-order valence-electron chi connectivity index (χ4n) is 2.42. The molecule has 1 atom stereocenters. The Kier molecular flexibility index (Phi) is 4.42. The van der Waals surface area contributed by atoms with Gasteiger partial charge < -0.3 is 15.3 Å². The van der Waals surface area contributed by atoms with E-state index in [1.807, 2.05) is 13.0 Å². The second kappa shape index (κ2) is 5.79. The molecular formula is C16H28N4O. The number of aromatic nitrogens is 2. The van der Waals surface area contributed by atoms with Crippen LogP contribution in [0.15, 0.2) is 6.07 Å². The molecule has 118 valence electrons. The van der Waals surface area contributed by atoms with Crippen LogP contribution in [-0.4, -0.2) is 40.3 Å². The summed E-state index contributed by atoms with van der Waals surface area (Å²) in [6.07, 6.45) is 1.84. The predicted molar refractivity (Wildman–Crippen MR) is 87.0 cm³/mol. The maximum atomic E-state index is 10.2. The molecule has 1 saturated heterocycles. The highest BCUT2D eigenvalue weighted by Crippen LogP contribution is 2.29. The molecule has 0 aliphatic carbocycles. The number of nitrogens with zero attached hydrogens (tertiary/aromatic N) is 3. The number of hydrogen-bond acceptors (Lipinski definition) is 5. The summed E-state index contributed by atoms with van der Waals surface area (Å²) in [5, 5.41) is 13.5. The zero-order valence-electron chi connectivity index (χ0n) is 13.9. The molecule has 1 unspecified atom stereocenters. The van der Waals surface area contributed by atoms with Gasteiger partial charge in [-0.2, -0.15) is 0 Å². The van der Waals surface area contributed by atoms with E-state index in [0.29, 0.717) is 6.54 Å². The molecule has 5 heteroatoms. The van der Waals surface area contributed by atoms with Crippen LogP contribution < -0.4 is 10.2 Å². The monoisotopic (exact) mass is 292 g/mol. The number of aliphatic hydroxyl groups is 1. The second-order valence-electron chi connectivity index (χ2n) is 7.28. The Labute approximate surface area is 127 Å². The Bertz CT molecular complexity index is 494. The van der Waals surface area contributed by atoms with Crippen molar-refractivity contribution in [1.29, 1.82) is 0 Å². The summed E-state index contributed by atoms with van der Waals surface area (Å²) in [5.41, 5.74) is -0.718. The first-order chi connectivity index (χ1) is 9.71. The number of rotatable bonds is 4. The van der Waals surface area contributed by atoms with E-state index in [-0.39, 0.29) is 5.41 Å². The molecule has 0 amide bonds. The lowest BCUT2D eigenvalue weighted by molar-refractivity contribution is 0.0839. The maximum absolute atomic E-state index is 10.2. The first-order valence-corrected chi connectivity index (χ1v) is 7.82. The van der Waals surface area contributed by atoms with Crippen LogP contribution in [0.3, 0.4) is 0 Å². The van der Waals surface area contributed by atoms with Crippen molar-refractivity contribution in [3.8, 4) is 0 Å². The average Bonchev–Trinajstić information content (AvgIpc) is 2.75. The third-order valence-electron chi connectivity index (χ3n) is 3.72. The SMILES string of the molecule is CCCNc1cc(N2CCC(C)(O)C2)nc(C(C)(C)C)n1. The largest absolute Gasteiger partial charge is 0.388 e. The fourth-order valence-corrected chi connectivity index (χ4v) is 2.42. The van der Waals surface area contributed by atoms with E-state index in [0.717, 1.165) is 43.4 Å². The second-order valence-corrected chi connectivity index (χ2v) is 7.28. The van der Waals surface area contributed by atoms with Crippen molar-refractivity contribution in [3.05, 3.63) is 11.9 Å². The molecule has 2 N–H and O–H groups in total. The van der Waals surface area contributed by atoms with Crippen molar-refractivity contribution in [1.82, 2.24) is 9.97 Å². The van der Waals surface area contributed by atoms with E-state index in [4.69, 9.17) is 4.98 Å². The molecule has 5 nitrogen and oxygen atoms in total. The van der Waals surface area contributed by atoms with Crippen LogP contribution in [0.4, 0.5) is 11.6 Å². The molecule has 2 heterocycles. The van der Waals surface area contributed by atoms with E-state index in [1.165, 1.54) is 0 Å². The lowest BCUT2D eigenvalue weighted by Gasteiger charge is -2.24. The van der Waals surface area contributed by atoms with Crippen molar-refractivity contribution >= 4 is 11.6 Å². The summed E-state index contributed by atoms with van der Waals surface area (Å²) in [4.78, 5) is 11.5. The third-order valence-corrected chi connectivity index (χ3v) is 3.72. The first-order valence-electron chi connectivity index (χ1n) is 7.82. The van der Waals surface area contributed by atoms with Gasteiger partial charge in [-0.15, -0.1) is 0 Å². The summed E-state index contributed by atoms with van der Waals surface area (Å²) in [7, 11) is 0. The minimum absolute atomic E-state index is 0.0963. The molecule has 1 aromatic heterocycles. The predicted octanol–water partition coefficient (Wildman–Crippen LogP) is 2.56. The van der Waals surface area contributed by atoms with Crippen molar-refractivity contribution in [2.75, 3.05) is 29.9 Å². The number of anilines is 2. The Morgan fingerprint density at radius 2 is 2.10 bits per heavy atom. The van der Waals surface area contributed by atoms with E-state index >= 15 is 0 Å². The Morgan fingerprint density at radius 3 is 2.62 bits per heavy atom. The molecule has 2 rings (SSSR count). The van der Waals surface area contributed by atoms with Crippen LogP contribution in [0.2, 0.25) is 0 Å². The van der Waals surface area contributed by atoms with Gasteiger partial charge in [0.1, 0.15) is 17.5 Å². The van der Waals surface area contributed by atoms with Crippen LogP contribution >= 0.6 is 0 Å². The van der Waals surface area contributed by atoms with Gasteiger partial charge in [0, 0.05) is 31.1 Å². The van der Waals surface area contributed by atoms with Crippen molar-refractivity contribution in [2.45, 2.75) is 58.5 Å². The third kappa shape index (κ3) is 4.06. The Morgan fingerprint density at radius 1 is 1.38 bits per heavy atom. The van der Waals surface area contributed by atoms with Gasteiger partial charge in [0.15, 0.2) is 0 Å². The van der Waals surface area contributed by atoms with E-state index in [1.54, 1.807) is 0 Å². The molecule has 1 aliphatic heterocycles. The Balaban J connectivity index is 2.31. The minimum atomic E-state index is -0.621. The van der Waals surface area contributed by atoms with Crippen LogP contribution in [-0.2, 0) is 5.41 Å². The van der Waals surface area contributed by atoms with Crippen molar-refractivity contribution in [3.63, 3.8) is 0 Å². The molecule has 0 radical (unpaired) electrons. The molecule has 0 spiro atoms. The zero-order valence-corrected chi connectivity index (χ0v) is 13.9. The molecule has 0 saturated carbocycles. The van der Waals surface area contributed by atoms with Crippen LogP contribution in [0, 0.1) is 0 Å². The molecule has 1 fully saturated rings. The summed E-state index contributed by atoms with van der Waals surface area (Å²) in [5.74, 6) is 2.62. The van der Waals surface area contributed by atoms with Gasteiger partial charge in [-0.3, -0.25) is 0 Å². The summed E-state index contributed by atoms with van der Waals surface area (Å²) in [6.45, 7) is 12.7. The molecule has 0 aromatic carbocycles. The lowest BCUT2D eigenvalue weighted by Crippen LogP contribution is -2.30. The normalized spacial score (nSPS) is 22.7. The first kappa shape index (κ1) is 16.0. The van der Waals surface area contributed by atoms with E-state index < -0.39 is 5.60 Å². The van der Waals surface area contributed by atoms with Gasteiger partial charge in [-0.05, 0) is 19.8 Å². The highest BCUT2D eigenvalue weighted by Gasteiger charge is 2.33. The van der Waals surface area contributed by atoms with E-state index in [9.17, 15) is 5.11 Å². The molecule has 0 bridgehead atoms. The molecule has 21 heavy (non-hydrogen) atoms. The lowest BCUT2D eigenvalue weighted by atomic mass is 9.96. The standard InChI is InChI=1S/C16H28N4O/c1-6-8-17-12-10-13(19-14(18-12)15(2,3)4)20-9-7-16(5,21)11-20/h10,21H,6-9,11H2,1-5H3,(H,17,18,19). The quantitative estimate of drug-likeness (QED) is 0.893. The van der Waals surface area contributed by atoms with Crippen molar-refractivity contribution in [2.24, 2.45) is 0 Å². The van der Waals surface area contributed by atoms with Crippen molar-refractivity contribution < 1.29 is 5.11 Å². The highest BCUT2D eigenvalue weighted by molar-refractivity contribution is 5.51. The number of nitrogens with one attached hydrogen (secondary N) is 1. The number of β-amino-alcohol motifs (C(OH)–C–C–N with tert-alkyl or cyclic N) is 1. The molecule has 1 aliphatic rings. The van der Waals surface area contributed by atoms with Gasteiger partial charge in [0.25, 0.3) is 0 Å². The smallest absolute Gasteiger partial charge is 0.138 e. The fraction of sp³-hybridized carbons (Fsp3) is 0.750. The molecule has 1 aromatic rings. The summed E-state index contributed by atoms with van der Waals surface area (Å²) in [6, 6.07) is 1.99. The van der Waals surface area contributed by atoms with E-state index in [2.05, 4.69) is 42.9 Å². The summed E-state index contributed by atoms with van der Waals surface area (Å²) >= 11 is 0. The van der Waals surface area contributed by atoms with Crippen LogP contribution in [0.1, 0.15) is 53.3 Å². The number of hydrogen-bond donors (Lipinski definition) is 2. The maximum Gasteiger partial charge on any atom is 0.138 e. The minimum Gasteiger partial charge on any atom is -0.388 e. The topological polar surface area (TPSA) is 61.3 Å². The average molecular weight is 292 g/mol. The highest BCUT2D eigenvalue weighted by atomic mass is 16.3. The van der Waals surface area contributed by atoms with Gasteiger partial charge in [0.2, 0.25) is 0 Å². The zero-order chi connectivity index (χ0) is 15.7. The van der Waals surface area contributed by atoms with Crippen LogP contribution in [0.5, 0.6) is 0 Å². The van der Waals surface area contributed by atoms with Gasteiger partial charge in [-0.1, -0.05) is 27.7 Å². The molecular weight excluding hydrogens is 264 g/mol.